The third kappa shape index (κ3) is 3.91. The van der Waals surface area contributed by atoms with Crippen LogP contribution < -0.4 is 0 Å². The number of nitrogens with zero attached hydrogens (tertiary/aromatic N) is 3. The molecular formula is C25H27N3O. The van der Waals surface area contributed by atoms with Gasteiger partial charge < -0.3 is 9.30 Å². The minimum atomic E-state index is 0.855. The molecule has 1 saturated heterocycles. The van der Waals surface area contributed by atoms with Gasteiger partial charge in [-0.15, -0.1) is 0 Å². The first-order chi connectivity index (χ1) is 14.4. The zero-order valence-corrected chi connectivity index (χ0v) is 16.8. The molecule has 2 heterocycles. The monoisotopic (exact) mass is 385 g/mol. The molecule has 1 aliphatic rings. The summed E-state index contributed by atoms with van der Waals surface area (Å²) in [7, 11) is 0. The summed E-state index contributed by atoms with van der Waals surface area (Å²) in [6.07, 6.45) is 1.98. The minimum Gasteiger partial charge on any atom is -0.379 e. The van der Waals surface area contributed by atoms with E-state index in [2.05, 4.69) is 76.2 Å². The Morgan fingerprint density at radius 2 is 1.62 bits per heavy atom. The van der Waals surface area contributed by atoms with Gasteiger partial charge in [0.15, 0.2) is 0 Å². The van der Waals surface area contributed by atoms with E-state index < -0.39 is 0 Å². The van der Waals surface area contributed by atoms with Gasteiger partial charge in [-0.3, -0.25) is 4.90 Å². The summed E-state index contributed by atoms with van der Waals surface area (Å²) in [5, 5.41) is 2.61. The SMILES string of the molecule is c1ccc2c(Cc3nc4ccccc4n3CCCN3CCOCC3)cccc2c1. The molecule has 0 radical (unpaired) electrons. The molecule has 0 saturated carbocycles. The highest BCUT2D eigenvalue weighted by Crippen LogP contribution is 2.24. The highest BCUT2D eigenvalue weighted by Gasteiger charge is 2.14. The number of rotatable bonds is 6. The Labute approximate surface area is 171 Å². The van der Waals surface area contributed by atoms with Crippen LogP contribution in [0.3, 0.4) is 0 Å². The lowest BCUT2D eigenvalue weighted by Crippen LogP contribution is -2.37. The van der Waals surface area contributed by atoms with Gasteiger partial charge in [-0.25, -0.2) is 4.98 Å². The molecule has 4 nitrogen and oxygen atoms in total. The lowest BCUT2D eigenvalue weighted by atomic mass is 10.0. The molecule has 0 atom stereocenters. The van der Waals surface area contributed by atoms with E-state index in [4.69, 9.17) is 9.72 Å². The first-order valence-corrected chi connectivity index (χ1v) is 10.6. The van der Waals surface area contributed by atoms with Gasteiger partial charge >= 0.3 is 0 Å². The maximum atomic E-state index is 5.47. The van der Waals surface area contributed by atoms with Gasteiger partial charge in [0.25, 0.3) is 0 Å². The zero-order valence-electron chi connectivity index (χ0n) is 16.8. The fraction of sp³-hybridized carbons (Fsp3) is 0.320. The molecule has 4 heteroatoms. The van der Waals surface area contributed by atoms with Crippen LogP contribution in [0.5, 0.6) is 0 Å². The number of benzene rings is 3. The Bertz CT molecular complexity index is 1110. The van der Waals surface area contributed by atoms with Crippen molar-refractivity contribution in [1.29, 1.82) is 0 Å². The second-order valence-corrected chi connectivity index (χ2v) is 7.79. The van der Waals surface area contributed by atoms with Crippen molar-refractivity contribution in [2.75, 3.05) is 32.8 Å². The van der Waals surface area contributed by atoms with Crippen LogP contribution in [0.25, 0.3) is 21.8 Å². The fourth-order valence-corrected chi connectivity index (χ4v) is 4.40. The summed E-state index contributed by atoms with van der Waals surface area (Å²) < 4.78 is 7.90. The number of ether oxygens (including phenoxy) is 1. The van der Waals surface area contributed by atoms with E-state index in [0.717, 1.165) is 63.6 Å². The van der Waals surface area contributed by atoms with E-state index in [9.17, 15) is 0 Å². The van der Waals surface area contributed by atoms with Crippen molar-refractivity contribution in [2.45, 2.75) is 19.4 Å². The average molecular weight is 386 g/mol. The highest BCUT2D eigenvalue weighted by atomic mass is 16.5. The molecule has 29 heavy (non-hydrogen) atoms. The largest absolute Gasteiger partial charge is 0.379 e. The topological polar surface area (TPSA) is 30.3 Å². The van der Waals surface area contributed by atoms with Gasteiger partial charge in [-0.1, -0.05) is 54.6 Å². The summed E-state index contributed by atoms with van der Waals surface area (Å²) in [4.78, 5) is 7.52. The Kier molecular flexibility index (Phi) is 5.29. The number of fused-ring (bicyclic) bond motifs is 2. The van der Waals surface area contributed by atoms with Crippen molar-refractivity contribution in [3.8, 4) is 0 Å². The van der Waals surface area contributed by atoms with Gasteiger partial charge in [0.2, 0.25) is 0 Å². The fourth-order valence-electron chi connectivity index (χ4n) is 4.40. The van der Waals surface area contributed by atoms with Crippen molar-refractivity contribution < 1.29 is 4.74 Å². The smallest absolute Gasteiger partial charge is 0.114 e. The van der Waals surface area contributed by atoms with Crippen LogP contribution in [0.1, 0.15) is 17.8 Å². The van der Waals surface area contributed by atoms with Crippen molar-refractivity contribution in [3.05, 3.63) is 78.1 Å². The van der Waals surface area contributed by atoms with Crippen molar-refractivity contribution in [3.63, 3.8) is 0 Å². The number of aromatic nitrogens is 2. The van der Waals surface area contributed by atoms with E-state index in [1.165, 1.54) is 21.9 Å². The Morgan fingerprint density at radius 1 is 0.828 bits per heavy atom. The molecule has 0 bridgehead atoms. The quantitative estimate of drug-likeness (QED) is 0.489. The highest BCUT2D eigenvalue weighted by molar-refractivity contribution is 5.86. The van der Waals surface area contributed by atoms with Gasteiger partial charge in [0, 0.05) is 32.6 Å². The molecule has 3 aromatic carbocycles. The third-order valence-corrected chi connectivity index (χ3v) is 5.92. The van der Waals surface area contributed by atoms with Crippen LogP contribution in [-0.2, 0) is 17.7 Å². The number of imidazole rings is 1. The zero-order chi connectivity index (χ0) is 19.5. The van der Waals surface area contributed by atoms with Crippen molar-refractivity contribution in [1.82, 2.24) is 14.5 Å². The summed E-state index contributed by atoms with van der Waals surface area (Å²) in [6, 6.07) is 23.7. The van der Waals surface area contributed by atoms with Gasteiger partial charge in [-0.2, -0.15) is 0 Å². The number of para-hydroxylation sites is 2. The third-order valence-electron chi connectivity index (χ3n) is 5.92. The predicted molar refractivity (Wildman–Crippen MR) is 118 cm³/mol. The first kappa shape index (κ1) is 18.3. The van der Waals surface area contributed by atoms with E-state index in [1.54, 1.807) is 0 Å². The molecule has 1 aromatic heterocycles. The second-order valence-electron chi connectivity index (χ2n) is 7.79. The van der Waals surface area contributed by atoms with Crippen molar-refractivity contribution in [2.24, 2.45) is 0 Å². The van der Waals surface area contributed by atoms with Crippen LogP contribution in [0.2, 0.25) is 0 Å². The molecule has 0 N–H and O–H groups in total. The van der Waals surface area contributed by atoms with E-state index >= 15 is 0 Å². The van der Waals surface area contributed by atoms with Gasteiger partial charge in [0.05, 0.1) is 24.2 Å². The second kappa shape index (κ2) is 8.36. The average Bonchev–Trinajstić information content (AvgIpc) is 3.12. The molecule has 0 aliphatic carbocycles. The Balaban J connectivity index is 1.43. The van der Waals surface area contributed by atoms with Crippen LogP contribution in [0.4, 0.5) is 0 Å². The maximum Gasteiger partial charge on any atom is 0.114 e. The summed E-state index contributed by atoms with van der Waals surface area (Å²) >= 11 is 0. The number of aryl methyl sites for hydroxylation is 1. The molecule has 1 aliphatic heterocycles. The van der Waals surface area contributed by atoms with Gasteiger partial charge in [-0.05, 0) is 34.9 Å². The summed E-state index contributed by atoms with van der Waals surface area (Å²) in [5.41, 5.74) is 3.67. The van der Waals surface area contributed by atoms with Crippen LogP contribution in [-0.4, -0.2) is 47.3 Å². The normalized spacial score (nSPS) is 15.3. The summed E-state index contributed by atoms with van der Waals surface area (Å²) in [5.74, 6) is 1.16. The minimum absolute atomic E-state index is 0.855. The first-order valence-electron chi connectivity index (χ1n) is 10.6. The van der Waals surface area contributed by atoms with E-state index in [1.807, 2.05) is 0 Å². The van der Waals surface area contributed by atoms with Crippen LogP contribution >= 0.6 is 0 Å². The number of hydrogen-bond donors (Lipinski definition) is 0. The molecule has 0 amide bonds. The Morgan fingerprint density at radius 3 is 2.55 bits per heavy atom. The lowest BCUT2D eigenvalue weighted by molar-refractivity contribution is 0.0369. The summed E-state index contributed by atoms with van der Waals surface area (Å²) in [6.45, 7) is 5.93. The molecule has 4 aromatic rings. The van der Waals surface area contributed by atoms with Crippen LogP contribution in [0.15, 0.2) is 66.7 Å². The standard InChI is InChI=1S/C25H27N3O/c1-2-10-22-20(7-1)8-5-9-21(22)19-25-26-23-11-3-4-12-24(23)28(25)14-6-13-27-15-17-29-18-16-27/h1-5,7-12H,6,13-19H2. The number of morpholine rings is 1. The molecule has 148 valence electrons. The van der Waals surface area contributed by atoms with Crippen molar-refractivity contribution >= 4 is 21.8 Å². The van der Waals surface area contributed by atoms with Gasteiger partial charge in [0.1, 0.15) is 5.82 Å². The molecule has 1 fully saturated rings. The predicted octanol–water partition coefficient (Wildman–Crippen LogP) is 4.50. The molecule has 0 spiro atoms. The molecular weight excluding hydrogens is 358 g/mol. The molecule has 5 rings (SSSR count). The molecule has 0 unspecified atom stereocenters. The van der Waals surface area contributed by atoms with E-state index in [-0.39, 0.29) is 0 Å². The van der Waals surface area contributed by atoms with Crippen LogP contribution in [0, 0.1) is 0 Å². The number of hydrogen-bond acceptors (Lipinski definition) is 3. The Hall–Kier alpha value is -2.69. The maximum absolute atomic E-state index is 5.47. The van der Waals surface area contributed by atoms with E-state index in [0.29, 0.717) is 0 Å². The lowest BCUT2D eigenvalue weighted by Gasteiger charge is -2.26.